The van der Waals surface area contributed by atoms with E-state index in [0.717, 1.165) is 97.7 Å². The fraction of sp³-hybridized carbons (Fsp3) is 0.349. The van der Waals surface area contributed by atoms with Crippen molar-refractivity contribution in [2.75, 3.05) is 49.1 Å². The van der Waals surface area contributed by atoms with Crippen molar-refractivity contribution in [3.8, 4) is 0 Å². The SMILES string of the molecule is O=C(OCc1ccccc1)N1CCC[C@H]1C1=Nc2ccc(N3CCN(c4ccc5nc([C@@H]6CCCN6C(=O)OCc6ccccc6)[nH]c5c4)CC3)cc2C1. The summed E-state index contributed by atoms with van der Waals surface area (Å²) in [4.78, 5) is 48.1. The summed E-state index contributed by atoms with van der Waals surface area (Å²) in [6, 6.07) is 32.5. The van der Waals surface area contributed by atoms with Crippen LogP contribution in [0.5, 0.6) is 0 Å². The van der Waals surface area contributed by atoms with Gasteiger partial charge in [0, 0.05) is 62.8 Å². The lowest BCUT2D eigenvalue weighted by Gasteiger charge is -2.37. The topological polar surface area (TPSA) is 107 Å². The summed E-state index contributed by atoms with van der Waals surface area (Å²) in [7, 11) is 0. The number of hydrogen-bond acceptors (Lipinski definition) is 8. The Labute approximate surface area is 315 Å². The first-order valence-corrected chi connectivity index (χ1v) is 19.2. The lowest BCUT2D eigenvalue weighted by molar-refractivity contribution is 0.0909. The van der Waals surface area contributed by atoms with Gasteiger partial charge in [0.25, 0.3) is 0 Å². The van der Waals surface area contributed by atoms with Crippen LogP contribution in [0.25, 0.3) is 11.0 Å². The molecule has 0 unspecified atom stereocenters. The molecule has 11 nitrogen and oxygen atoms in total. The summed E-state index contributed by atoms with van der Waals surface area (Å²) in [6.45, 7) is 5.51. The third kappa shape index (κ3) is 6.98. The normalized spacial score (nSPS) is 19.7. The fourth-order valence-corrected chi connectivity index (χ4v) is 8.40. The largest absolute Gasteiger partial charge is 0.445 e. The maximum Gasteiger partial charge on any atom is 0.410 e. The molecule has 11 heteroatoms. The fourth-order valence-electron chi connectivity index (χ4n) is 8.40. The highest BCUT2D eigenvalue weighted by Crippen LogP contribution is 2.36. The summed E-state index contributed by atoms with van der Waals surface area (Å²) in [5, 5.41) is 0. The van der Waals surface area contributed by atoms with Crippen molar-refractivity contribution >= 4 is 46.0 Å². The number of piperazine rings is 1. The molecule has 3 fully saturated rings. The van der Waals surface area contributed by atoms with E-state index in [1.807, 2.05) is 65.6 Å². The molecule has 54 heavy (non-hydrogen) atoms. The van der Waals surface area contributed by atoms with Crippen LogP contribution in [0.1, 0.15) is 54.2 Å². The van der Waals surface area contributed by atoms with E-state index in [1.54, 1.807) is 4.90 Å². The molecule has 5 heterocycles. The molecule has 1 N–H and O–H groups in total. The van der Waals surface area contributed by atoms with Crippen LogP contribution < -0.4 is 9.80 Å². The Balaban J connectivity index is 0.798. The zero-order chi connectivity index (χ0) is 36.4. The number of nitrogens with zero attached hydrogens (tertiary/aromatic N) is 6. The third-order valence-electron chi connectivity index (χ3n) is 11.3. The maximum absolute atomic E-state index is 13.1. The number of aromatic amines is 1. The van der Waals surface area contributed by atoms with Crippen molar-refractivity contribution in [1.29, 1.82) is 0 Å². The van der Waals surface area contributed by atoms with Crippen LogP contribution in [-0.4, -0.2) is 83.0 Å². The Kier molecular flexibility index (Phi) is 9.36. The predicted octanol–water partition coefficient (Wildman–Crippen LogP) is 7.79. The lowest BCUT2D eigenvalue weighted by atomic mass is 10.0. The molecule has 5 aromatic rings. The molecule has 0 aliphatic carbocycles. The number of carbonyl (C=O) groups excluding carboxylic acids is 2. The molecule has 0 bridgehead atoms. The van der Waals surface area contributed by atoms with Crippen LogP contribution in [0, 0.1) is 0 Å². The molecule has 3 saturated heterocycles. The van der Waals surface area contributed by atoms with E-state index >= 15 is 0 Å². The number of imidazole rings is 1. The monoisotopic (exact) mass is 723 g/mol. The third-order valence-corrected chi connectivity index (χ3v) is 11.3. The van der Waals surface area contributed by atoms with Gasteiger partial charge in [-0.3, -0.25) is 14.8 Å². The van der Waals surface area contributed by atoms with Gasteiger partial charge < -0.3 is 24.3 Å². The van der Waals surface area contributed by atoms with Crippen LogP contribution in [0.4, 0.5) is 26.7 Å². The predicted molar refractivity (Wildman–Crippen MR) is 209 cm³/mol. The van der Waals surface area contributed by atoms with Crippen LogP contribution >= 0.6 is 0 Å². The van der Waals surface area contributed by atoms with Crippen molar-refractivity contribution in [3.63, 3.8) is 0 Å². The van der Waals surface area contributed by atoms with Crippen molar-refractivity contribution in [3.05, 3.63) is 120 Å². The van der Waals surface area contributed by atoms with Crippen molar-refractivity contribution in [2.24, 2.45) is 4.99 Å². The number of aliphatic imine (C=N–C) groups is 1. The Morgan fingerprint density at radius 3 is 1.89 bits per heavy atom. The minimum absolute atomic E-state index is 0.0190. The number of H-pyrrole nitrogens is 1. The van der Waals surface area contributed by atoms with Crippen LogP contribution in [0.3, 0.4) is 0 Å². The van der Waals surface area contributed by atoms with Crippen LogP contribution in [0.15, 0.2) is 102 Å². The molecule has 2 atom stereocenters. The molecule has 4 aliphatic rings. The van der Waals surface area contributed by atoms with Gasteiger partial charge in [-0.05, 0) is 78.8 Å². The molecule has 4 aromatic carbocycles. The second-order valence-electron chi connectivity index (χ2n) is 14.7. The lowest BCUT2D eigenvalue weighted by Crippen LogP contribution is -2.46. The first-order chi connectivity index (χ1) is 26.6. The van der Waals surface area contributed by atoms with Crippen LogP contribution in [0.2, 0.25) is 0 Å². The van der Waals surface area contributed by atoms with E-state index < -0.39 is 0 Å². The van der Waals surface area contributed by atoms with E-state index in [2.05, 4.69) is 51.2 Å². The molecular weight excluding hydrogens is 679 g/mol. The quantitative estimate of drug-likeness (QED) is 0.174. The molecule has 2 amide bonds. The second-order valence-corrected chi connectivity index (χ2v) is 14.7. The number of ether oxygens (including phenoxy) is 2. The number of amides is 2. The van der Waals surface area contributed by atoms with Crippen molar-refractivity contribution in [2.45, 2.75) is 57.4 Å². The first-order valence-electron chi connectivity index (χ1n) is 19.2. The smallest absolute Gasteiger partial charge is 0.410 e. The van der Waals surface area contributed by atoms with Gasteiger partial charge in [0.2, 0.25) is 0 Å². The molecule has 1 aromatic heterocycles. The number of likely N-dealkylation sites (tertiary alicyclic amines) is 2. The van der Waals surface area contributed by atoms with Crippen LogP contribution in [-0.2, 0) is 29.1 Å². The van der Waals surface area contributed by atoms with E-state index in [1.165, 1.54) is 16.9 Å². The van der Waals surface area contributed by atoms with Crippen molar-refractivity contribution < 1.29 is 19.1 Å². The minimum atomic E-state index is -0.297. The number of nitrogens with one attached hydrogen (secondary N) is 1. The van der Waals surface area contributed by atoms with Gasteiger partial charge in [0.05, 0.1) is 28.8 Å². The number of fused-ring (bicyclic) bond motifs is 2. The molecule has 9 rings (SSSR count). The van der Waals surface area contributed by atoms with E-state index in [-0.39, 0.29) is 37.5 Å². The number of aromatic nitrogens is 2. The highest BCUT2D eigenvalue weighted by atomic mass is 16.6. The second kappa shape index (κ2) is 14.9. The van der Waals surface area contributed by atoms with Gasteiger partial charge in [-0.1, -0.05) is 60.7 Å². The Hall–Kier alpha value is -5.84. The number of carbonyl (C=O) groups is 2. The zero-order valence-corrected chi connectivity index (χ0v) is 30.4. The summed E-state index contributed by atoms with van der Waals surface area (Å²) in [5.74, 6) is 0.813. The number of anilines is 2. The van der Waals surface area contributed by atoms with E-state index in [4.69, 9.17) is 19.5 Å². The summed E-state index contributed by atoms with van der Waals surface area (Å²) >= 11 is 0. The summed E-state index contributed by atoms with van der Waals surface area (Å²) in [6.07, 6.45) is 3.84. The highest BCUT2D eigenvalue weighted by molar-refractivity contribution is 6.00. The highest BCUT2D eigenvalue weighted by Gasteiger charge is 2.36. The molecule has 0 saturated carbocycles. The van der Waals surface area contributed by atoms with Crippen molar-refractivity contribution in [1.82, 2.24) is 19.8 Å². The maximum atomic E-state index is 13.1. The number of benzene rings is 4. The Morgan fingerprint density at radius 1 is 0.667 bits per heavy atom. The Bertz CT molecular complexity index is 2160. The van der Waals surface area contributed by atoms with Gasteiger partial charge in [-0.25, -0.2) is 14.6 Å². The minimum Gasteiger partial charge on any atom is -0.445 e. The van der Waals surface area contributed by atoms with Gasteiger partial charge in [-0.15, -0.1) is 0 Å². The number of rotatable bonds is 8. The average molecular weight is 724 g/mol. The van der Waals surface area contributed by atoms with Gasteiger partial charge in [-0.2, -0.15) is 0 Å². The molecule has 0 radical (unpaired) electrons. The molecule has 4 aliphatic heterocycles. The summed E-state index contributed by atoms with van der Waals surface area (Å²) in [5.41, 5.74) is 9.51. The van der Waals surface area contributed by atoms with Gasteiger partial charge in [0.15, 0.2) is 0 Å². The molecule has 276 valence electrons. The zero-order valence-electron chi connectivity index (χ0n) is 30.4. The molecule has 0 spiro atoms. The van der Waals surface area contributed by atoms with Gasteiger partial charge >= 0.3 is 12.2 Å². The molecular formula is C43H45N7O4. The van der Waals surface area contributed by atoms with E-state index in [9.17, 15) is 9.59 Å². The standard InChI is InChI=1S/C43H45N7O4/c51-42(53-28-30-9-3-1-4-10-30)49-19-7-13-39(49)38-26-32-25-33(15-17-35(32)44-38)47-21-23-48(24-22-47)34-16-18-36-37(27-34)46-41(45-36)40-14-8-20-50(40)43(52)54-29-31-11-5-2-6-12-31/h1-6,9-12,15-18,25,27,39-40H,7-8,13-14,19-24,26,28-29H2,(H,45,46)/t39-,40-/m0/s1. The first kappa shape index (κ1) is 34.0. The Morgan fingerprint density at radius 2 is 1.24 bits per heavy atom. The van der Waals surface area contributed by atoms with Gasteiger partial charge in [0.1, 0.15) is 19.0 Å². The van der Waals surface area contributed by atoms with E-state index in [0.29, 0.717) is 13.1 Å². The summed E-state index contributed by atoms with van der Waals surface area (Å²) < 4.78 is 11.4. The number of hydrogen-bond donors (Lipinski definition) is 1. The average Bonchev–Trinajstić information content (AvgIpc) is 4.05.